The number of nitrogens with zero attached hydrogens (tertiary/aromatic N) is 2. The molecule has 1 unspecified atom stereocenters. The molecule has 0 spiro atoms. The van der Waals surface area contributed by atoms with E-state index in [-0.39, 0.29) is 12.5 Å². The van der Waals surface area contributed by atoms with Gasteiger partial charge in [0.1, 0.15) is 12.4 Å². The third-order valence-corrected chi connectivity index (χ3v) is 9.48. The molecule has 0 aromatic heterocycles. The molecule has 1 saturated heterocycles. The van der Waals surface area contributed by atoms with Gasteiger partial charge in [-0.1, -0.05) is 51.1 Å². The summed E-state index contributed by atoms with van der Waals surface area (Å²) in [7, 11) is 3.37. The molecule has 0 radical (unpaired) electrons. The van der Waals surface area contributed by atoms with E-state index in [9.17, 15) is 15.0 Å². The van der Waals surface area contributed by atoms with Crippen LogP contribution in [0.15, 0.2) is 42.5 Å². The molecule has 0 aliphatic carbocycles. The number of benzene rings is 2. The van der Waals surface area contributed by atoms with Crippen LogP contribution in [0.3, 0.4) is 0 Å². The van der Waals surface area contributed by atoms with Crippen LogP contribution in [0.25, 0.3) is 0 Å². The van der Waals surface area contributed by atoms with E-state index >= 15 is 0 Å². The fourth-order valence-corrected chi connectivity index (χ4v) is 6.99. The zero-order valence-electron chi connectivity index (χ0n) is 28.5. The number of aliphatic hydroxyl groups is 1. The second kappa shape index (κ2) is 16.3. The lowest BCUT2D eigenvalue weighted by atomic mass is 9.61. The van der Waals surface area contributed by atoms with E-state index in [4.69, 9.17) is 23.7 Å². The molecule has 0 saturated carbocycles. The molecule has 2 aromatic rings. The summed E-state index contributed by atoms with van der Waals surface area (Å²) in [6.45, 7) is 13.0. The van der Waals surface area contributed by atoms with E-state index in [1.54, 1.807) is 21.1 Å². The lowest BCUT2D eigenvalue weighted by molar-refractivity contribution is -0.112. The van der Waals surface area contributed by atoms with Crippen molar-refractivity contribution >= 4 is 11.8 Å². The summed E-state index contributed by atoms with van der Waals surface area (Å²) in [5.41, 5.74) is 2.94. The molecule has 2 N–H and O–H groups in total. The van der Waals surface area contributed by atoms with Gasteiger partial charge in [0.05, 0.1) is 63.0 Å². The number of carbonyl (C=O) groups is 1. The SMILES string of the molecule is COCCCN1CCOc2ccc(CO[C@H]3CN(C(=O)O)[C@](CC(C)O)(C(C)(C)C)C[C@@H]3c3ccc(COCCOC)cc3)cc21. The minimum absolute atomic E-state index is 0.0939. The average molecular weight is 643 g/mol. The molecule has 1 fully saturated rings. The van der Waals surface area contributed by atoms with Gasteiger partial charge in [-0.25, -0.2) is 4.79 Å². The molecule has 2 aromatic carbocycles. The highest BCUT2D eigenvalue weighted by atomic mass is 16.5. The maximum Gasteiger partial charge on any atom is 0.407 e. The van der Waals surface area contributed by atoms with Crippen LogP contribution >= 0.6 is 0 Å². The Morgan fingerprint density at radius 2 is 1.76 bits per heavy atom. The molecule has 10 heteroatoms. The van der Waals surface area contributed by atoms with Crippen LogP contribution in [0.2, 0.25) is 0 Å². The minimum atomic E-state index is -0.996. The average Bonchev–Trinajstić information content (AvgIpc) is 3.02. The standard InChI is InChI=1S/C36H54N2O8/c1-26(39)21-36(35(2,3)4)22-30(29-11-8-27(9-12-29)24-44-19-18-43-6)33(23-38(36)34(40)41)46-25-28-10-13-32-31(20-28)37(15-17-45-32)14-7-16-42-5/h8-13,20,26,30,33,39H,7,14-19,21-25H2,1-6H3,(H,40,41)/t26?,30-,33+,36+/m1/s1. The van der Waals surface area contributed by atoms with Crippen molar-refractivity contribution in [2.24, 2.45) is 5.41 Å². The number of amides is 1. The van der Waals surface area contributed by atoms with Crippen molar-refractivity contribution in [3.8, 4) is 5.75 Å². The Bertz CT molecular complexity index is 1250. The molecule has 2 aliphatic heterocycles. The van der Waals surface area contributed by atoms with Gasteiger partial charge >= 0.3 is 6.09 Å². The maximum atomic E-state index is 12.9. The highest BCUT2D eigenvalue weighted by molar-refractivity contribution is 5.67. The van der Waals surface area contributed by atoms with Crippen molar-refractivity contribution in [2.45, 2.75) is 83.8 Å². The number of aliphatic hydroxyl groups excluding tert-OH is 1. The van der Waals surface area contributed by atoms with Crippen molar-refractivity contribution in [1.82, 2.24) is 4.90 Å². The molecule has 10 nitrogen and oxygen atoms in total. The summed E-state index contributed by atoms with van der Waals surface area (Å²) in [5, 5.41) is 21.2. The Labute approximate surface area is 274 Å². The number of rotatable bonds is 15. The van der Waals surface area contributed by atoms with Gasteiger partial charge in [-0.15, -0.1) is 0 Å². The van der Waals surface area contributed by atoms with Crippen molar-refractivity contribution < 1.29 is 38.7 Å². The van der Waals surface area contributed by atoms with Gasteiger partial charge in [0.15, 0.2) is 0 Å². The van der Waals surface area contributed by atoms with Crippen molar-refractivity contribution in [1.29, 1.82) is 0 Å². The summed E-state index contributed by atoms with van der Waals surface area (Å²) in [6.07, 6.45) is -0.284. The highest BCUT2D eigenvalue weighted by Crippen LogP contribution is 2.51. The molecule has 4 atom stereocenters. The molecule has 0 bridgehead atoms. The van der Waals surface area contributed by atoms with Gasteiger partial charge < -0.3 is 38.8 Å². The number of hydrogen-bond acceptors (Lipinski definition) is 8. The zero-order chi connectivity index (χ0) is 33.3. The summed E-state index contributed by atoms with van der Waals surface area (Å²) in [4.78, 5) is 16.8. The fraction of sp³-hybridized carbons (Fsp3) is 0.639. The van der Waals surface area contributed by atoms with E-state index in [2.05, 4.69) is 56.0 Å². The summed E-state index contributed by atoms with van der Waals surface area (Å²) >= 11 is 0. The molecule has 1 amide bonds. The number of methoxy groups -OCH3 is 2. The van der Waals surface area contributed by atoms with Crippen LogP contribution in [0.1, 0.15) is 69.6 Å². The first kappa shape index (κ1) is 36.0. The number of carboxylic acid groups (broad SMARTS) is 1. The Hall–Kier alpha value is -2.89. The Morgan fingerprint density at radius 1 is 1.04 bits per heavy atom. The number of likely N-dealkylation sites (tertiary alicyclic amines) is 1. The predicted molar refractivity (Wildman–Crippen MR) is 178 cm³/mol. The smallest absolute Gasteiger partial charge is 0.407 e. The number of hydrogen-bond donors (Lipinski definition) is 2. The lowest BCUT2D eigenvalue weighted by Crippen LogP contribution is -2.66. The molecular formula is C36H54N2O8. The molecule has 4 rings (SSSR count). The van der Waals surface area contributed by atoms with Gasteiger partial charge in [0, 0.05) is 33.3 Å². The Morgan fingerprint density at radius 3 is 2.41 bits per heavy atom. The normalized spacial score (nSPS) is 22.3. The first-order valence-corrected chi connectivity index (χ1v) is 16.4. The van der Waals surface area contributed by atoms with E-state index in [1.165, 1.54) is 4.90 Å². The van der Waals surface area contributed by atoms with Crippen LogP contribution in [0, 0.1) is 5.41 Å². The number of fused-ring (bicyclic) bond motifs is 1. The Kier molecular flexibility index (Phi) is 12.7. The topological polar surface area (TPSA) is 110 Å². The first-order chi connectivity index (χ1) is 22.0. The third kappa shape index (κ3) is 8.72. The quantitative estimate of drug-likeness (QED) is 0.237. The van der Waals surface area contributed by atoms with Crippen LogP contribution in [-0.2, 0) is 32.2 Å². The van der Waals surface area contributed by atoms with Crippen molar-refractivity contribution in [3.05, 3.63) is 59.2 Å². The monoisotopic (exact) mass is 642 g/mol. The van der Waals surface area contributed by atoms with E-state index in [0.29, 0.717) is 52.5 Å². The maximum absolute atomic E-state index is 12.9. The largest absolute Gasteiger partial charge is 0.490 e. The molecule has 2 heterocycles. The number of ether oxygens (including phenoxy) is 5. The van der Waals surface area contributed by atoms with E-state index in [0.717, 1.165) is 47.6 Å². The van der Waals surface area contributed by atoms with Crippen molar-refractivity contribution in [3.63, 3.8) is 0 Å². The molecule has 2 aliphatic rings. The predicted octanol–water partition coefficient (Wildman–Crippen LogP) is 5.69. The van der Waals surface area contributed by atoms with Gasteiger partial charge in [-0.05, 0) is 60.4 Å². The second-order valence-electron chi connectivity index (χ2n) is 13.7. The summed E-state index contributed by atoms with van der Waals surface area (Å²) in [6, 6.07) is 14.5. The van der Waals surface area contributed by atoms with Gasteiger partial charge in [0.25, 0.3) is 0 Å². The summed E-state index contributed by atoms with van der Waals surface area (Å²) in [5.74, 6) is 0.767. The van der Waals surface area contributed by atoms with Gasteiger partial charge in [0.2, 0.25) is 0 Å². The van der Waals surface area contributed by atoms with E-state index < -0.39 is 29.3 Å². The first-order valence-electron chi connectivity index (χ1n) is 16.4. The van der Waals surface area contributed by atoms with Crippen LogP contribution in [0.4, 0.5) is 10.5 Å². The Balaban J connectivity index is 1.62. The van der Waals surface area contributed by atoms with Crippen LogP contribution in [0.5, 0.6) is 5.75 Å². The van der Waals surface area contributed by atoms with Crippen LogP contribution in [-0.4, -0.2) is 99.2 Å². The molecule has 256 valence electrons. The zero-order valence-corrected chi connectivity index (χ0v) is 28.5. The lowest BCUT2D eigenvalue weighted by Gasteiger charge is -2.58. The second-order valence-corrected chi connectivity index (χ2v) is 13.7. The fourth-order valence-electron chi connectivity index (χ4n) is 6.99. The van der Waals surface area contributed by atoms with Gasteiger partial charge in [-0.3, -0.25) is 4.90 Å². The minimum Gasteiger partial charge on any atom is -0.490 e. The van der Waals surface area contributed by atoms with Crippen LogP contribution < -0.4 is 9.64 Å². The molecule has 46 heavy (non-hydrogen) atoms. The highest BCUT2D eigenvalue weighted by Gasteiger charge is 2.55. The number of anilines is 1. The van der Waals surface area contributed by atoms with Gasteiger partial charge in [-0.2, -0.15) is 0 Å². The summed E-state index contributed by atoms with van der Waals surface area (Å²) < 4.78 is 28.7. The van der Waals surface area contributed by atoms with Crippen molar-refractivity contribution in [2.75, 3.05) is 65.2 Å². The number of piperidine rings is 1. The molecular weight excluding hydrogens is 588 g/mol. The van der Waals surface area contributed by atoms with E-state index in [1.807, 2.05) is 12.1 Å². The third-order valence-electron chi connectivity index (χ3n) is 9.48.